The van der Waals surface area contributed by atoms with Crippen LogP contribution in [0.3, 0.4) is 0 Å². The fourth-order valence-corrected chi connectivity index (χ4v) is 5.59. The van der Waals surface area contributed by atoms with E-state index in [4.69, 9.17) is 38.8 Å². The lowest BCUT2D eigenvalue weighted by Gasteiger charge is -2.33. The molecule has 0 spiro atoms. The number of aliphatic hydroxyl groups excluding tert-OH is 1. The molecule has 35 heavy (non-hydrogen) atoms. The minimum atomic E-state index is -1.16. The number of nitrogens with one attached hydrogen (secondary N) is 3. The lowest BCUT2D eigenvalue weighted by molar-refractivity contribution is -0.126. The van der Waals surface area contributed by atoms with Crippen molar-refractivity contribution < 1.29 is 24.2 Å². The number of morpholine rings is 1. The molecule has 14 heteroatoms. The first kappa shape index (κ1) is 27.9. The number of carbonyl (C=O) groups excluding carboxylic acids is 3. The number of halogens is 2. The van der Waals surface area contributed by atoms with Crippen molar-refractivity contribution in [2.45, 2.75) is 23.4 Å². The first-order valence-electron chi connectivity index (χ1n) is 10.7. The molecular formula is C21H27Cl2N5O5S2. The zero-order valence-corrected chi connectivity index (χ0v) is 21.8. The van der Waals surface area contributed by atoms with E-state index in [1.807, 2.05) is 12.1 Å². The van der Waals surface area contributed by atoms with Crippen molar-refractivity contribution in [1.82, 2.24) is 20.9 Å². The third-order valence-electron chi connectivity index (χ3n) is 5.16. The van der Waals surface area contributed by atoms with E-state index in [0.29, 0.717) is 36.3 Å². The highest BCUT2D eigenvalue weighted by Crippen LogP contribution is 2.29. The smallest absolute Gasteiger partial charge is 0.268 e. The van der Waals surface area contributed by atoms with Gasteiger partial charge in [0.2, 0.25) is 11.8 Å². The van der Waals surface area contributed by atoms with Gasteiger partial charge in [0.15, 0.2) is 0 Å². The van der Waals surface area contributed by atoms with Gasteiger partial charge in [0.25, 0.3) is 5.91 Å². The average Bonchev–Trinajstić information content (AvgIpc) is 3.31. The number of thioether (sulfide) groups is 2. The molecule has 2 aliphatic rings. The molecule has 2 heterocycles. The Hall–Kier alpha value is -1.67. The van der Waals surface area contributed by atoms with Crippen molar-refractivity contribution in [3.63, 3.8) is 0 Å². The van der Waals surface area contributed by atoms with Gasteiger partial charge >= 0.3 is 0 Å². The number of aliphatic hydroxyl groups is 1. The van der Waals surface area contributed by atoms with E-state index >= 15 is 0 Å². The van der Waals surface area contributed by atoms with Crippen LogP contribution in [-0.4, -0.2) is 83.2 Å². The summed E-state index contributed by atoms with van der Waals surface area (Å²) in [4.78, 5) is 37.9. The number of amides is 3. The third kappa shape index (κ3) is 8.74. The van der Waals surface area contributed by atoms with Crippen molar-refractivity contribution in [2.24, 2.45) is 5.73 Å². The van der Waals surface area contributed by atoms with Gasteiger partial charge in [-0.05, 0) is 17.7 Å². The number of nitrogens with two attached hydrogens (primary N) is 1. The Morgan fingerprint density at radius 1 is 1.34 bits per heavy atom. The van der Waals surface area contributed by atoms with Gasteiger partial charge < -0.3 is 31.5 Å². The summed E-state index contributed by atoms with van der Waals surface area (Å²) in [6.07, 6.45) is -0.124. The second-order valence-electron chi connectivity index (χ2n) is 7.85. The SMILES string of the molecule is NC(=O)[C@H](CO)NC(=O)C1=CSC(SCC(=O)NC[C@H]2CN(Cc3ccc(Cl)c(Cl)c3)CCO2)N1. The molecule has 0 saturated carbocycles. The molecule has 1 aromatic rings. The average molecular weight is 565 g/mol. The second-order valence-corrected chi connectivity index (χ2v) is 11.0. The van der Waals surface area contributed by atoms with Crippen LogP contribution in [-0.2, 0) is 25.7 Å². The highest BCUT2D eigenvalue weighted by Gasteiger charge is 2.26. The molecule has 0 radical (unpaired) electrons. The van der Waals surface area contributed by atoms with Gasteiger partial charge in [-0.3, -0.25) is 19.3 Å². The zero-order valence-electron chi connectivity index (χ0n) is 18.7. The second kappa shape index (κ2) is 13.6. The Morgan fingerprint density at radius 3 is 2.86 bits per heavy atom. The molecule has 1 unspecified atom stereocenters. The van der Waals surface area contributed by atoms with Crippen LogP contribution in [0.1, 0.15) is 5.56 Å². The molecule has 1 aromatic carbocycles. The summed E-state index contributed by atoms with van der Waals surface area (Å²) >= 11 is 14.7. The van der Waals surface area contributed by atoms with E-state index in [1.165, 1.54) is 23.5 Å². The summed E-state index contributed by atoms with van der Waals surface area (Å²) in [5.41, 5.74) is 6.41. The molecule has 3 rings (SSSR count). The summed E-state index contributed by atoms with van der Waals surface area (Å²) in [6, 6.07) is 4.42. The third-order valence-corrected chi connectivity index (χ3v) is 8.23. The molecule has 3 amide bonds. The molecule has 192 valence electrons. The Balaban J connectivity index is 1.34. The minimum Gasteiger partial charge on any atom is -0.394 e. The lowest BCUT2D eigenvalue weighted by Crippen LogP contribution is -2.48. The van der Waals surface area contributed by atoms with E-state index in [1.54, 1.807) is 11.5 Å². The first-order valence-corrected chi connectivity index (χ1v) is 13.5. The van der Waals surface area contributed by atoms with Gasteiger partial charge in [-0.1, -0.05) is 41.0 Å². The van der Waals surface area contributed by atoms with Crippen molar-refractivity contribution in [3.8, 4) is 0 Å². The number of carbonyl (C=O) groups is 3. The Morgan fingerprint density at radius 2 is 2.14 bits per heavy atom. The van der Waals surface area contributed by atoms with Crippen LogP contribution in [0.15, 0.2) is 29.3 Å². The zero-order chi connectivity index (χ0) is 25.4. The van der Waals surface area contributed by atoms with E-state index in [9.17, 15) is 14.4 Å². The molecule has 1 saturated heterocycles. The molecule has 0 bridgehead atoms. The Labute approximate surface area is 221 Å². The lowest BCUT2D eigenvalue weighted by atomic mass is 10.2. The predicted octanol–water partition coefficient (Wildman–Crippen LogP) is 0.467. The molecule has 2 aliphatic heterocycles. The van der Waals surface area contributed by atoms with Gasteiger partial charge in [0.05, 0.1) is 35.1 Å². The standard InChI is InChI=1S/C21H27Cl2N5O5S2/c22-14-2-1-12(5-15(14)23)7-28-3-4-33-13(8-28)6-25-18(30)11-35-21-27-17(10-34-21)20(32)26-16(9-29)19(24)31/h1-2,5,10,13,16,21,27,29H,3-4,6-9,11H2,(H2,24,31)(H,25,30)(H,26,32)/t13-,16-,21?/m0/s1. The van der Waals surface area contributed by atoms with Crippen LogP contribution in [0.5, 0.6) is 0 Å². The van der Waals surface area contributed by atoms with Crippen LogP contribution in [0.4, 0.5) is 0 Å². The van der Waals surface area contributed by atoms with Gasteiger partial charge in [-0.25, -0.2) is 0 Å². The fraction of sp³-hybridized carbons (Fsp3) is 0.476. The number of benzene rings is 1. The molecule has 6 N–H and O–H groups in total. The van der Waals surface area contributed by atoms with Crippen molar-refractivity contribution >= 4 is 64.4 Å². The Bertz CT molecular complexity index is 970. The number of hydrogen-bond acceptors (Lipinski definition) is 9. The van der Waals surface area contributed by atoms with Crippen LogP contribution >= 0.6 is 46.7 Å². The summed E-state index contributed by atoms with van der Waals surface area (Å²) in [5.74, 6) is -1.33. The number of rotatable bonds is 11. The highest BCUT2D eigenvalue weighted by atomic mass is 35.5. The molecule has 10 nitrogen and oxygen atoms in total. The topological polar surface area (TPSA) is 146 Å². The van der Waals surface area contributed by atoms with E-state index in [2.05, 4.69) is 20.9 Å². The van der Waals surface area contributed by atoms with Crippen LogP contribution in [0.25, 0.3) is 0 Å². The van der Waals surface area contributed by atoms with Gasteiger partial charge in [0.1, 0.15) is 16.4 Å². The van der Waals surface area contributed by atoms with Gasteiger partial charge in [-0.2, -0.15) is 0 Å². The summed E-state index contributed by atoms with van der Waals surface area (Å²) in [5, 5.41) is 20.0. The van der Waals surface area contributed by atoms with Crippen LogP contribution in [0, 0.1) is 0 Å². The number of nitrogens with zero attached hydrogens (tertiary/aromatic N) is 1. The molecular weight excluding hydrogens is 537 g/mol. The summed E-state index contributed by atoms with van der Waals surface area (Å²) in [7, 11) is 0. The minimum absolute atomic E-state index is 0.124. The summed E-state index contributed by atoms with van der Waals surface area (Å²) < 4.78 is 5.54. The monoisotopic (exact) mass is 563 g/mol. The van der Waals surface area contributed by atoms with Crippen molar-refractivity contribution in [3.05, 3.63) is 44.9 Å². The quantitative estimate of drug-likeness (QED) is 0.259. The Kier molecular flexibility index (Phi) is 10.8. The van der Waals surface area contributed by atoms with Gasteiger partial charge in [-0.15, -0.1) is 11.8 Å². The number of primary amides is 1. The maximum absolute atomic E-state index is 12.3. The van der Waals surface area contributed by atoms with Crippen molar-refractivity contribution in [1.29, 1.82) is 0 Å². The van der Waals surface area contributed by atoms with E-state index in [-0.39, 0.29) is 28.2 Å². The molecule has 1 fully saturated rings. The van der Waals surface area contributed by atoms with Crippen LogP contribution < -0.4 is 21.7 Å². The summed E-state index contributed by atoms with van der Waals surface area (Å²) in [6.45, 7) is 2.56. The maximum Gasteiger partial charge on any atom is 0.268 e. The van der Waals surface area contributed by atoms with Gasteiger partial charge in [0, 0.05) is 31.6 Å². The maximum atomic E-state index is 12.3. The largest absolute Gasteiger partial charge is 0.394 e. The molecule has 3 atom stereocenters. The van der Waals surface area contributed by atoms with Crippen molar-refractivity contribution in [2.75, 3.05) is 38.6 Å². The number of ether oxygens (including phenoxy) is 1. The van der Waals surface area contributed by atoms with E-state index < -0.39 is 24.5 Å². The fourth-order valence-electron chi connectivity index (χ4n) is 3.34. The normalized spacial score (nSPS) is 21.1. The number of hydrogen-bond donors (Lipinski definition) is 5. The molecule has 0 aliphatic carbocycles. The highest BCUT2D eigenvalue weighted by molar-refractivity contribution is 8.18. The molecule has 0 aromatic heterocycles. The van der Waals surface area contributed by atoms with Crippen LogP contribution in [0.2, 0.25) is 10.0 Å². The van der Waals surface area contributed by atoms with E-state index in [0.717, 1.165) is 12.1 Å². The first-order chi connectivity index (χ1) is 16.7. The predicted molar refractivity (Wildman–Crippen MR) is 138 cm³/mol.